The van der Waals surface area contributed by atoms with Gasteiger partial charge in [-0.2, -0.15) is 0 Å². The van der Waals surface area contributed by atoms with Crippen molar-refractivity contribution < 1.29 is 9.13 Å². The van der Waals surface area contributed by atoms with Gasteiger partial charge in [0.1, 0.15) is 5.82 Å². The first kappa shape index (κ1) is 14.6. The van der Waals surface area contributed by atoms with Crippen molar-refractivity contribution in [1.29, 1.82) is 0 Å². The Labute approximate surface area is 118 Å². The predicted octanol–water partition coefficient (Wildman–Crippen LogP) is 2.83. The van der Waals surface area contributed by atoms with E-state index in [-0.39, 0.29) is 5.82 Å². The predicted molar refractivity (Wildman–Crippen MR) is 76.5 cm³/mol. The van der Waals surface area contributed by atoms with Gasteiger partial charge in [-0.25, -0.2) is 4.39 Å². The number of rotatable bonds is 7. The first-order valence-electron chi connectivity index (χ1n) is 6.73. The van der Waals surface area contributed by atoms with E-state index < -0.39 is 0 Å². The molecule has 1 aromatic carbocycles. The van der Waals surface area contributed by atoms with Crippen LogP contribution in [0.4, 0.5) is 4.39 Å². The maximum absolute atomic E-state index is 13.2. The van der Waals surface area contributed by atoms with E-state index in [0.717, 1.165) is 24.0 Å². The van der Waals surface area contributed by atoms with Crippen molar-refractivity contribution in [3.05, 3.63) is 65.2 Å². The van der Waals surface area contributed by atoms with Crippen LogP contribution in [0.5, 0.6) is 0 Å². The first-order chi connectivity index (χ1) is 9.79. The molecule has 0 aliphatic carbocycles. The summed E-state index contributed by atoms with van der Waals surface area (Å²) in [4.78, 5) is 3.98. The van der Waals surface area contributed by atoms with Gasteiger partial charge in [-0.15, -0.1) is 0 Å². The largest absolute Gasteiger partial charge is 0.377 e. The molecule has 1 heterocycles. The van der Waals surface area contributed by atoms with Gasteiger partial charge in [0.15, 0.2) is 0 Å². The van der Waals surface area contributed by atoms with Gasteiger partial charge >= 0.3 is 0 Å². The number of nitrogens with zero attached hydrogens (tertiary/aromatic N) is 1. The highest BCUT2D eigenvalue weighted by Gasteiger charge is 2.03. The Morgan fingerprint density at radius 1 is 1.10 bits per heavy atom. The Morgan fingerprint density at radius 2 is 1.90 bits per heavy atom. The molecule has 0 saturated carbocycles. The maximum atomic E-state index is 13.2. The average molecular weight is 274 g/mol. The molecule has 1 aromatic heterocycles. The number of aryl methyl sites for hydroxylation is 1. The minimum absolute atomic E-state index is 0.252. The van der Waals surface area contributed by atoms with Crippen LogP contribution in [0.2, 0.25) is 0 Å². The van der Waals surface area contributed by atoms with E-state index in [1.165, 1.54) is 17.7 Å². The molecule has 106 valence electrons. The van der Waals surface area contributed by atoms with Gasteiger partial charge in [0.2, 0.25) is 0 Å². The van der Waals surface area contributed by atoms with Crippen molar-refractivity contribution in [3.63, 3.8) is 0 Å². The van der Waals surface area contributed by atoms with Crippen molar-refractivity contribution in [3.8, 4) is 0 Å². The zero-order chi connectivity index (χ0) is 14.2. The van der Waals surface area contributed by atoms with Gasteiger partial charge in [0, 0.05) is 25.5 Å². The Hall–Kier alpha value is -1.78. The fourth-order valence-corrected chi connectivity index (χ4v) is 2.04. The van der Waals surface area contributed by atoms with Crippen LogP contribution in [0, 0.1) is 5.82 Å². The first-order valence-corrected chi connectivity index (χ1v) is 6.73. The molecule has 0 unspecified atom stereocenters. The van der Waals surface area contributed by atoms with Gasteiger partial charge in [0.25, 0.3) is 0 Å². The lowest BCUT2D eigenvalue weighted by atomic mass is 10.1. The molecular weight excluding hydrogens is 255 g/mol. The second-order valence-corrected chi connectivity index (χ2v) is 4.63. The smallest absolute Gasteiger partial charge is 0.123 e. The number of nitrogens with two attached hydrogens (primary N) is 1. The third-order valence-corrected chi connectivity index (χ3v) is 3.15. The zero-order valence-corrected chi connectivity index (χ0v) is 11.4. The number of pyridine rings is 1. The van der Waals surface area contributed by atoms with Crippen LogP contribution in [0.15, 0.2) is 42.7 Å². The minimum Gasteiger partial charge on any atom is -0.377 e. The summed E-state index contributed by atoms with van der Waals surface area (Å²) < 4.78 is 18.8. The third-order valence-electron chi connectivity index (χ3n) is 3.15. The molecule has 0 aliphatic rings. The Balaban J connectivity index is 1.75. The molecule has 0 aliphatic heterocycles. The van der Waals surface area contributed by atoms with Gasteiger partial charge < -0.3 is 10.5 Å². The maximum Gasteiger partial charge on any atom is 0.123 e. The Bertz CT molecular complexity index is 531. The summed E-state index contributed by atoms with van der Waals surface area (Å²) in [5.41, 5.74) is 8.63. The molecule has 0 bridgehead atoms. The van der Waals surface area contributed by atoms with Gasteiger partial charge in [-0.1, -0.05) is 6.07 Å². The molecule has 0 radical (unpaired) electrons. The van der Waals surface area contributed by atoms with E-state index in [1.54, 1.807) is 18.5 Å². The average Bonchev–Trinajstić information content (AvgIpc) is 2.48. The summed E-state index contributed by atoms with van der Waals surface area (Å²) in [6, 6.07) is 8.63. The zero-order valence-electron chi connectivity index (χ0n) is 11.4. The Kier molecular flexibility index (Phi) is 5.65. The lowest BCUT2D eigenvalue weighted by molar-refractivity contribution is 0.118. The number of ether oxygens (including phenoxy) is 1. The summed E-state index contributed by atoms with van der Waals surface area (Å²) in [6.45, 7) is 1.44. The quantitative estimate of drug-likeness (QED) is 0.790. The van der Waals surface area contributed by atoms with Gasteiger partial charge in [-0.05, 0) is 53.8 Å². The summed E-state index contributed by atoms with van der Waals surface area (Å²) in [5.74, 6) is -0.252. The molecule has 2 aromatic rings. The van der Waals surface area contributed by atoms with Crippen LogP contribution in [0.3, 0.4) is 0 Å². The van der Waals surface area contributed by atoms with E-state index in [2.05, 4.69) is 4.98 Å². The molecule has 0 atom stereocenters. The number of halogens is 1. The lowest BCUT2D eigenvalue weighted by Crippen LogP contribution is -2.05. The molecule has 4 heteroatoms. The monoisotopic (exact) mass is 274 g/mol. The summed E-state index contributed by atoms with van der Waals surface area (Å²) in [5, 5.41) is 0. The van der Waals surface area contributed by atoms with E-state index in [1.807, 2.05) is 12.1 Å². The summed E-state index contributed by atoms with van der Waals surface area (Å²) >= 11 is 0. The highest BCUT2D eigenvalue weighted by molar-refractivity contribution is 5.27. The van der Waals surface area contributed by atoms with Crippen LogP contribution in [0.1, 0.15) is 23.1 Å². The SMILES string of the molecule is NCc1ccc(F)cc1COCCCc1ccncc1. The van der Waals surface area contributed by atoms with Crippen molar-refractivity contribution >= 4 is 0 Å². The molecule has 3 nitrogen and oxygen atoms in total. The molecule has 2 rings (SSSR count). The molecule has 0 saturated heterocycles. The second kappa shape index (κ2) is 7.72. The fraction of sp³-hybridized carbons (Fsp3) is 0.312. The van der Waals surface area contributed by atoms with Crippen molar-refractivity contribution in [2.45, 2.75) is 26.0 Å². The molecule has 0 amide bonds. The minimum atomic E-state index is -0.252. The highest BCUT2D eigenvalue weighted by atomic mass is 19.1. The van der Waals surface area contributed by atoms with Crippen LogP contribution in [0.25, 0.3) is 0 Å². The Morgan fingerprint density at radius 3 is 2.65 bits per heavy atom. The van der Waals surface area contributed by atoms with E-state index in [0.29, 0.717) is 19.8 Å². The van der Waals surface area contributed by atoms with E-state index in [9.17, 15) is 4.39 Å². The number of aromatic nitrogens is 1. The molecule has 2 N–H and O–H groups in total. The van der Waals surface area contributed by atoms with Crippen LogP contribution in [-0.2, 0) is 24.3 Å². The second-order valence-electron chi connectivity index (χ2n) is 4.63. The van der Waals surface area contributed by atoms with Crippen molar-refractivity contribution in [2.24, 2.45) is 5.73 Å². The third kappa shape index (κ3) is 4.40. The fourth-order valence-electron chi connectivity index (χ4n) is 2.04. The molecule has 0 fully saturated rings. The summed E-state index contributed by atoms with van der Waals surface area (Å²) in [6.07, 6.45) is 5.46. The molecule has 20 heavy (non-hydrogen) atoms. The molecular formula is C16H19FN2O. The van der Waals surface area contributed by atoms with Crippen molar-refractivity contribution in [2.75, 3.05) is 6.61 Å². The van der Waals surface area contributed by atoms with E-state index in [4.69, 9.17) is 10.5 Å². The van der Waals surface area contributed by atoms with Crippen molar-refractivity contribution in [1.82, 2.24) is 4.98 Å². The van der Waals surface area contributed by atoms with E-state index >= 15 is 0 Å². The topological polar surface area (TPSA) is 48.1 Å². The number of benzene rings is 1. The van der Waals surface area contributed by atoms with Crippen LogP contribution >= 0.6 is 0 Å². The standard InChI is InChI=1S/C16H19FN2O/c17-16-4-3-14(11-18)15(10-16)12-20-9-1-2-13-5-7-19-8-6-13/h3-8,10H,1-2,9,11-12,18H2. The number of hydrogen-bond donors (Lipinski definition) is 1. The van der Waals surface area contributed by atoms with Gasteiger partial charge in [-0.3, -0.25) is 4.98 Å². The highest BCUT2D eigenvalue weighted by Crippen LogP contribution is 2.12. The normalized spacial score (nSPS) is 10.7. The number of hydrogen-bond acceptors (Lipinski definition) is 3. The van der Waals surface area contributed by atoms with Crippen LogP contribution in [-0.4, -0.2) is 11.6 Å². The van der Waals surface area contributed by atoms with Crippen LogP contribution < -0.4 is 5.73 Å². The molecule has 0 spiro atoms. The summed E-state index contributed by atoms with van der Waals surface area (Å²) in [7, 11) is 0. The van der Waals surface area contributed by atoms with Gasteiger partial charge in [0.05, 0.1) is 6.61 Å². The lowest BCUT2D eigenvalue weighted by Gasteiger charge is -2.09.